The number of carbonyl (C=O) groups is 2. The molecule has 0 saturated carbocycles. The maximum atomic E-state index is 12.7. The van der Waals surface area contributed by atoms with E-state index in [4.69, 9.17) is 5.11 Å². The molecule has 3 N–H and O–H groups in total. The summed E-state index contributed by atoms with van der Waals surface area (Å²) in [5.41, 5.74) is 0.548. The Labute approximate surface area is 90.3 Å². The highest BCUT2D eigenvalue weighted by Crippen LogP contribution is 2.21. The number of hydrogen-bond donors (Lipinski definition) is 3. The van der Waals surface area contributed by atoms with Crippen molar-refractivity contribution < 1.29 is 19.1 Å². The molecule has 1 heterocycles. The summed E-state index contributed by atoms with van der Waals surface area (Å²) in [6, 6.07) is 3.09. The van der Waals surface area contributed by atoms with E-state index in [-0.39, 0.29) is 0 Å². The van der Waals surface area contributed by atoms with Gasteiger partial charge in [0.2, 0.25) is 0 Å². The molecule has 0 aromatic heterocycles. The van der Waals surface area contributed by atoms with Crippen LogP contribution in [0.15, 0.2) is 24.3 Å². The van der Waals surface area contributed by atoms with E-state index in [1.165, 1.54) is 24.3 Å². The van der Waals surface area contributed by atoms with Gasteiger partial charge in [-0.05, 0) is 17.7 Å². The molecule has 2 unspecified atom stereocenters. The van der Waals surface area contributed by atoms with Crippen molar-refractivity contribution in [3.05, 3.63) is 35.6 Å². The van der Waals surface area contributed by atoms with Gasteiger partial charge in [0, 0.05) is 0 Å². The lowest BCUT2D eigenvalue weighted by Crippen LogP contribution is -2.35. The first-order chi connectivity index (χ1) is 7.58. The molecular formula is C10H9FN2O3. The zero-order valence-corrected chi connectivity index (χ0v) is 8.11. The summed E-state index contributed by atoms with van der Waals surface area (Å²) in [6.45, 7) is 0. The third-order valence-electron chi connectivity index (χ3n) is 2.40. The number of carboxylic acid groups (broad SMARTS) is 1. The summed E-state index contributed by atoms with van der Waals surface area (Å²) in [4.78, 5) is 21.9. The number of carboxylic acids is 1. The smallest absolute Gasteiger partial charge is 0.328 e. The van der Waals surface area contributed by atoms with Crippen molar-refractivity contribution in [3.8, 4) is 0 Å². The molecule has 0 bridgehead atoms. The number of amides is 2. The lowest BCUT2D eigenvalue weighted by molar-refractivity contribution is -0.139. The Hall–Kier alpha value is -2.11. The molecule has 1 aromatic rings. The molecule has 84 valence electrons. The van der Waals surface area contributed by atoms with Crippen LogP contribution in [-0.2, 0) is 4.79 Å². The molecule has 16 heavy (non-hydrogen) atoms. The minimum atomic E-state index is -1.13. The normalized spacial score (nSPS) is 23.7. The molecule has 1 saturated heterocycles. The molecule has 2 amide bonds. The molecule has 1 fully saturated rings. The number of benzene rings is 1. The van der Waals surface area contributed by atoms with Gasteiger partial charge in [-0.25, -0.2) is 14.0 Å². The van der Waals surface area contributed by atoms with Crippen molar-refractivity contribution in [3.63, 3.8) is 0 Å². The first kappa shape index (κ1) is 10.4. The lowest BCUT2D eigenvalue weighted by atomic mass is 10.0. The van der Waals surface area contributed by atoms with Gasteiger partial charge in [0.15, 0.2) is 6.04 Å². The van der Waals surface area contributed by atoms with E-state index < -0.39 is 29.9 Å². The van der Waals surface area contributed by atoms with Crippen LogP contribution in [0.1, 0.15) is 11.6 Å². The van der Waals surface area contributed by atoms with Crippen LogP contribution in [0.4, 0.5) is 9.18 Å². The van der Waals surface area contributed by atoms with E-state index in [0.29, 0.717) is 5.56 Å². The largest absolute Gasteiger partial charge is 0.480 e. The highest BCUT2D eigenvalue weighted by molar-refractivity contribution is 5.87. The van der Waals surface area contributed by atoms with E-state index in [2.05, 4.69) is 10.6 Å². The van der Waals surface area contributed by atoms with E-state index >= 15 is 0 Å². The van der Waals surface area contributed by atoms with Gasteiger partial charge >= 0.3 is 12.0 Å². The minimum Gasteiger partial charge on any atom is -0.480 e. The molecule has 2 atom stereocenters. The third-order valence-corrected chi connectivity index (χ3v) is 2.40. The Morgan fingerprint density at radius 1 is 1.25 bits per heavy atom. The highest BCUT2D eigenvalue weighted by atomic mass is 19.1. The molecule has 6 heteroatoms. The fourth-order valence-electron chi connectivity index (χ4n) is 1.64. The van der Waals surface area contributed by atoms with Crippen LogP contribution in [0.3, 0.4) is 0 Å². The minimum absolute atomic E-state index is 0.409. The average molecular weight is 224 g/mol. The number of urea groups is 1. The van der Waals surface area contributed by atoms with E-state index in [1.54, 1.807) is 0 Å². The van der Waals surface area contributed by atoms with E-state index in [1.807, 2.05) is 0 Å². The van der Waals surface area contributed by atoms with Crippen molar-refractivity contribution in [2.45, 2.75) is 12.1 Å². The molecule has 0 aliphatic carbocycles. The Morgan fingerprint density at radius 3 is 2.44 bits per heavy atom. The average Bonchev–Trinajstić information content (AvgIpc) is 2.61. The van der Waals surface area contributed by atoms with Crippen LogP contribution in [-0.4, -0.2) is 23.1 Å². The van der Waals surface area contributed by atoms with Crippen LogP contribution in [0.5, 0.6) is 0 Å². The molecule has 2 rings (SSSR count). The molecule has 5 nitrogen and oxygen atoms in total. The summed E-state index contributed by atoms with van der Waals surface area (Å²) in [5, 5.41) is 13.6. The second-order valence-electron chi connectivity index (χ2n) is 3.46. The lowest BCUT2D eigenvalue weighted by Gasteiger charge is -2.14. The summed E-state index contributed by atoms with van der Waals surface area (Å²) in [5.74, 6) is -1.54. The first-order valence-corrected chi connectivity index (χ1v) is 4.63. The molecule has 1 aliphatic rings. The third kappa shape index (κ3) is 1.81. The number of rotatable bonds is 2. The number of carbonyl (C=O) groups excluding carboxylic acids is 1. The maximum Gasteiger partial charge on any atom is 0.328 e. The van der Waals surface area contributed by atoms with Gasteiger partial charge in [0.1, 0.15) is 5.82 Å². The van der Waals surface area contributed by atoms with Crippen LogP contribution < -0.4 is 10.6 Å². The van der Waals surface area contributed by atoms with Crippen molar-refractivity contribution in [2.75, 3.05) is 0 Å². The topological polar surface area (TPSA) is 78.4 Å². The van der Waals surface area contributed by atoms with E-state index in [0.717, 1.165) is 0 Å². The molecule has 1 aliphatic heterocycles. The number of nitrogens with one attached hydrogen (secondary N) is 2. The monoisotopic (exact) mass is 224 g/mol. The number of hydrogen-bond acceptors (Lipinski definition) is 2. The standard InChI is InChI=1S/C10H9FN2O3/c11-6-3-1-5(2-4-6)7-8(9(14)15)13-10(16)12-7/h1-4,7-8H,(H,14,15)(H2,12,13,16). The van der Waals surface area contributed by atoms with Gasteiger partial charge in [-0.3, -0.25) is 0 Å². The van der Waals surface area contributed by atoms with Crippen molar-refractivity contribution >= 4 is 12.0 Å². The Kier molecular flexibility index (Phi) is 2.47. The predicted octanol–water partition coefficient (Wildman–Crippen LogP) is 0.633. The van der Waals surface area contributed by atoms with Gasteiger partial charge in [0.25, 0.3) is 0 Å². The SMILES string of the molecule is O=C1NC(C(=O)O)C(c2ccc(F)cc2)N1. The van der Waals surface area contributed by atoms with Gasteiger partial charge in [-0.15, -0.1) is 0 Å². The first-order valence-electron chi connectivity index (χ1n) is 4.63. The van der Waals surface area contributed by atoms with Crippen LogP contribution in [0.2, 0.25) is 0 Å². The summed E-state index contributed by atoms with van der Waals surface area (Å²) in [6.07, 6.45) is 0. The van der Waals surface area contributed by atoms with Gasteiger partial charge < -0.3 is 15.7 Å². The predicted molar refractivity (Wildman–Crippen MR) is 52.2 cm³/mol. The fourth-order valence-corrected chi connectivity index (χ4v) is 1.64. The van der Waals surface area contributed by atoms with Gasteiger partial charge in [-0.2, -0.15) is 0 Å². The maximum absolute atomic E-state index is 12.7. The molecule has 1 aromatic carbocycles. The van der Waals surface area contributed by atoms with Gasteiger partial charge in [0.05, 0.1) is 6.04 Å². The van der Waals surface area contributed by atoms with Crippen LogP contribution in [0, 0.1) is 5.82 Å². The van der Waals surface area contributed by atoms with Crippen LogP contribution >= 0.6 is 0 Å². The van der Waals surface area contributed by atoms with Crippen molar-refractivity contribution in [1.29, 1.82) is 0 Å². The molecular weight excluding hydrogens is 215 g/mol. The van der Waals surface area contributed by atoms with Crippen LogP contribution in [0.25, 0.3) is 0 Å². The summed E-state index contributed by atoms with van der Waals surface area (Å²) < 4.78 is 12.7. The second kappa shape index (κ2) is 3.80. The zero-order valence-electron chi connectivity index (χ0n) is 8.11. The van der Waals surface area contributed by atoms with E-state index in [9.17, 15) is 14.0 Å². The molecule has 0 radical (unpaired) electrons. The Balaban J connectivity index is 2.28. The second-order valence-corrected chi connectivity index (χ2v) is 3.46. The van der Waals surface area contributed by atoms with Gasteiger partial charge in [-0.1, -0.05) is 12.1 Å². The fraction of sp³-hybridized carbons (Fsp3) is 0.200. The Bertz CT molecular complexity index is 432. The highest BCUT2D eigenvalue weighted by Gasteiger charge is 2.37. The zero-order chi connectivity index (χ0) is 11.7. The Morgan fingerprint density at radius 2 is 1.88 bits per heavy atom. The number of halogens is 1. The summed E-state index contributed by atoms with van der Waals surface area (Å²) in [7, 11) is 0. The summed E-state index contributed by atoms with van der Waals surface area (Å²) >= 11 is 0. The van der Waals surface area contributed by atoms with Crippen molar-refractivity contribution in [2.24, 2.45) is 0 Å². The molecule has 0 spiro atoms. The van der Waals surface area contributed by atoms with Crippen molar-refractivity contribution in [1.82, 2.24) is 10.6 Å². The quantitative estimate of drug-likeness (QED) is 0.689. The number of aliphatic carboxylic acids is 1.